The largest absolute Gasteiger partial charge is 0.466 e. The van der Waals surface area contributed by atoms with Gasteiger partial charge in [0.15, 0.2) is 0 Å². The molecule has 0 aliphatic rings. The Morgan fingerprint density at radius 2 is 1.08 bits per heavy atom. The zero-order chi connectivity index (χ0) is 19.6. The van der Waals surface area contributed by atoms with Crippen molar-refractivity contribution < 1.29 is 29.3 Å². The number of aliphatic hydroxyl groups excluding tert-OH is 2. The molecule has 0 saturated carbocycles. The van der Waals surface area contributed by atoms with Gasteiger partial charge in [-0.15, -0.1) is 0 Å². The third-order valence-corrected chi connectivity index (χ3v) is 4.15. The zero-order valence-electron chi connectivity index (χ0n) is 16.6. The van der Waals surface area contributed by atoms with Gasteiger partial charge >= 0.3 is 11.9 Å². The molecular formula is C20H38O6. The van der Waals surface area contributed by atoms with E-state index in [1.54, 1.807) is 0 Å². The summed E-state index contributed by atoms with van der Waals surface area (Å²) in [7, 11) is 0. The number of aliphatic hydroxyl groups is 2. The first-order valence-electron chi connectivity index (χ1n) is 10.2. The third-order valence-electron chi connectivity index (χ3n) is 4.15. The van der Waals surface area contributed by atoms with E-state index in [-0.39, 0.29) is 24.1 Å². The van der Waals surface area contributed by atoms with Gasteiger partial charge in [-0.05, 0) is 51.4 Å². The fourth-order valence-corrected chi connectivity index (χ4v) is 2.65. The Balaban J connectivity index is 3.46. The molecule has 0 bridgehead atoms. The Labute approximate surface area is 158 Å². The van der Waals surface area contributed by atoms with E-state index in [9.17, 15) is 19.8 Å². The predicted octanol–water partition coefficient (Wildman–Crippen LogP) is 3.52. The second kappa shape index (κ2) is 17.3. The van der Waals surface area contributed by atoms with E-state index in [4.69, 9.17) is 9.47 Å². The lowest BCUT2D eigenvalue weighted by molar-refractivity contribution is -0.146. The number of unbranched alkanes of at least 4 members (excludes halogenated alkanes) is 1. The topological polar surface area (TPSA) is 93.1 Å². The van der Waals surface area contributed by atoms with Gasteiger partial charge < -0.3 is 19.7 Å². The molecule has 0 rings (SSSR count). The lowest BCUT2D eigenvalue weighted by Gasteiger charge is -2.09. The number of hydrogen-bond acceptors (Lipinski definition) is 6. The highest BCUT2D eigenvalue weighted by Gasteiger charge is 2.08. The second-order valence-electron chi connectivity index (χ2n) is 6.82. The smallest absolute Gasteiger partial charge is 0.305 e. The average molecular weight is 375 g/mol. The molecule has 0 amide bonds. The molecule has 2 N–H and O–H groups in total. The normalized spacial score (nSPS) is 13.2. The summed E-state index contributed by atoms with van der Waals surface area (Å²) in [4.78, 5) is 23.1. The zero-order valence-corrected chi connectivity index (χ0v) is 16.6. The molecule has 154 valence electrons. The van der Waals surface area contributed by atoms with Crippen molar-refractivity contribution in [1.29, 1.82) is 0 Å². The van der Waals surface area contributed by atoms with E-state index in [1.165, 1.54) is 0 Å². The summed E-state index contributed by atoms with van der Waals surface area (Å²) < 4.78 is 10.2. The van der Waals surface area contributed by atoms with Crippen molar-refractivity contribution >= 4 is 11.9 Å². The minimum absolute atomic E-state index is 0.256. The summed E-state index contributed by atoms with van der Waals surface area (Å²) in [5, 5.41) is 19.1. The van der Waals surface area contributed by atoms with Crippen LogP contribution in [0, 0.1) is 0 Å². The van der Waals surface area contributed by atoms with Crippen molar-refractivity contribution in [3.05, 3.63) is 0 Å². The molecule has 0 aromatic heterocycles. The first-order chi connectivity index (χ1) is 12.5. The molecule has 6 nitrogen and oxygen atoms in total. The van der Waals surface area contributed by atoms with E-state index in [1.807, 2.05) is 13.8 Å². The highest BCUT2D eigenvalue weighted by atomic mass is 16.5. The Bertz CT molecular complexity index is 324. The fraction of sp³-hybridized carbons (Fsp3) is 0.900. The molecule has 0 spiro atoms. The maximum absolute atomic E-state index is 11.6. The molecule has 6 heteroatoms. The Morgan fingerprint density at radius 3 is 1.42 bits per heavy atom. The fourth-order valence-electron chi connectivity index (χ4n) is 2.65. The SMILES string of the molecule is CCCC(O)CCCOC(=O)CCCCC(=O)OCCCC(O)CCC. The summed E-state index contributed by atoms with van der Waals surface area (Å²) in [6.45, 7) is 4.73. The van der Waals surface area contributed by atoms with Crippen LogP contribution in [0.15, 0.2) is 0 Å². The van der Waals surface area contributed by atoms with Gasteiger partial charge in [0.2, 0.25) is 0 Å². The quantitative estimate of drug-likeness (QED) is 0.299. The summed E-state index contributed by atoms with van der Waals surface area (Å²) in [6, 6.07) is 0. The van der Waals surface area contributed by atoms with E-state index < -0.39 is 0 Å². The number of rotatable bonds is 17. The lowest BCUT2D eigenvalue weighted by atomic mass is 10.1. The summed E-state index contributed by atoms with van der Waals surface area (Å²) >= 11 is 0. The van der Waals surface area contributed by atoms with Crippen LogP contribution in [0.1, 0.15) is 90.9 Å². The summed E-state index contributed by atoms with van der Waals surface area (Å²) in [6.07, 6.45) is 7.30. The van der Waals surface area contributed by atoms with E-state index in [0.717, 1.165) is 25.7 Å². The number of esters is 2. The van der Waals surface area contributed by atoms with Crippen LogP contribution >= 0.6 is 0 Å². The van der Waals surface area contributed by atoms with E-state index in [2.05, 4.69) is 0 Å². The molecular weight excluding hydrogens is 336 g/mol. The Hall–Kier alpha value is -1.14. The Kier molecular flexibility index (Phi) is 16.5. The number of hydrogen-bond donors (Lipinski definition) is 2. The third kappa shape index (κ3) is 16.3. The van der Waals surface area contributed by atoms with Crippen molar-refractivity contribution in [2.75, 3.05) is 13.2 Å². The van der Waals surface area contributed by atoms with Gasteiger partial charge in [0.1, 0.15) is 0 Å². The highest BCUT2D eigenvalue weighted by molar-refractivity contribution is 5.70. The lowest BCUT2D eigenvalue weighted by Crippen LogP contribution is -2.11. The van der Waals surface area contributed by atoms with Crippen molar-refractivity contribution in [1.82, 2.24) is 0 Å². The Morgan fingerprint density at radius 1 is 0.692 bits per heavy atom. The van der Waals surface area contributed by atoms with Gasteiger partial charge in [-0.2, -0.15) is 0 Å². The first kappa shape index (κ1) is 24.9. The van der Waals surface area contributed by atoms with Crippen LogP contribution in [0.5, 0.6) is 0 Å². The molecule has 0 aliphatic heterocycles. The standard InChI is InChI=1S/C20H38O6/c1-3-9-17(21)11-7-15-25-19(23)13-5-6-14-20(24)26-16-8-12-18(22)10-4-2/h17-18,21-22H,3-16H2,1-2H3. The molecule has 0 aromatic rings. The van der Waals surface area contributed by atoms with E-state index in [0.29, 0.717) is 64.6 Å². The maximum atomic E-state index is 11.6. The molecule has 0 saturated heterocycles. The maximum Gasteiger partial charge on any atom is 0.305 e. The first-order valence-corrected chi connectivity index (χ1v) is 10.2. The van der Waals surface area contributed by atoms with Gasteiger partial charge in [0.05, 0.1) is 25.4 Å². The molecule has 26 heavy (non-hydrogen) atoms. The van der Waals surface area contributed by atoms with Gasteiger partial charge in [0.25, 0.3) is 0 Å². The van der Waals surface area contributed by atoms with Crippen LogP contribution in [0.4, 0.5) is 0 Å². The highest BCUT2D eigenvalue weighted by Crippen LogP contribution is 2.08. The van der Waals surface area contributed by atoms with Crippen LogP contribution in [0.2, 0.25) is 0 Å². The van der Waals surface area contributed by atoms with Crippen molar-refractivity contribution in [2.24, 2.45) is 0 Å². The molecule has 0 heterocycles. The van der Waals surface area contributed by atoms with Crippen LogP contribution in [0.3, 0.4) is 0 Å². The van der Waals surface area contributed by atoms with Crippen molar-refractivity contribution in [3.8, 4) is 0 Å². The van der Waals surface area contributed by atoms with Gasteiger partial charge in [-0.3, -0.25) is 9.59 Å². The number of carbonyl (C=O) groups excluding carboxylic acids is 2. The van der Waals surface area contributed by atoms with Crippen molar-refractivity contribution in [2.45, 2.75) is 103 Å². The van der Waals surface area contributed by atoms with Crippen LogP contribution in [-0.4, -0.2) is 47.6 Å². The monoisotopic (exact) mass is 374 g/mol. The number of carbonyl (C=O) groups is 2. The van der Waals surface area contributed by atoms with Gasteiger partial charge in [-0.25, -0.2) is 0 Å². The molecule has 0 radical (unpaired) electrons. The van der Waals surface area contributed by atoms with Gasteiger partial charge in [0, 0.05) is 12.8 Å². The minimum atomic E-state index is -0.306. The molecule has 0 fully saturated rings. The predicted molar refractivity (Wildman–Crippen MR) is 101 cm³/mol. The van der Waals surface area contributed by atoms with Crippen LogP contribution < -0.4 is 0 Å². The van der Waals surface area contributed by atoms with Crippen LogP contribution in [-0.2, 0) is 19.1 Å². The summed E-state index contributed by atoms with van der Waals surface area (Å²) in [5.74, 6) is -0.512. The minimum Gasteiger partial charge on any atom is -0.466 e. The van der Waals surface area contributed by atoms with Crippen LogP contribution in [0.25, 0.3) is 0 Å². The molecule has 0 aliphatic carbocycles. The van der Waals surface area contributed by atoms with Crippen molar-refractivity contribution in [3.63, 3.8) is 0 Å². The molecule has 2 unspecified atom stereocenters. The molecule has 0 aromatic carbocycles. The second-order valence-corrected chi connectivity index (χ2v) is 6.82. The molecule has 2 atom stereocenters. The summed E-state index contributed by atoms with van der Waals surface area (Å²) in [5.41, 5.74) is 0. The van der Waals surface area contributed by atoms with E-state index >= 15 is 0 Å². The average Bonchev–Trinajstić information content (AvgIpc) is 2.60. The number of ether oxygens (including phenoxy) is 2. The van der Waals surface area contributed by atoms with Gasteiger partial charge in [-0.1, -0.05) is 26.7 Å².